The number of phenols is 1. The number of alkyl carbamates (subject to hydrolysis) is 1. The van der Waals surface area contributed by atoms with Crippen LogP contribution in [-0.4, -0.2) is 53.3 Å². The number of fused-ring (bicyclic) bond motifs is 3. The highest BCUT2D eigenvalue weighted by molar-refractivity contribution is 5.90. The van der Waals surface area contributed by atoms with E-state index in [9.17, 15) is 19.5 Å². The summed E-state index contributed by atoms with van der Waals surface area (Å²) in [7, 11) is 0. The van der Waals surface area contributed by atoms with Crippen LogP contribution in [0.2, 0.25) is 0 Å². The van der Waals surface area contributed by atoms with Crippen molar-refractivity contribution >= 4 is 18.0 Å². The van der Waals surface area contributed by atoms with E-state index in [4.69, 9.17) is 14.2 Å². The Kier molecular flexibility index (Phi) is 8.29. The summed E-state index contributed by atoms with van der Waals surface area (Å²) in [4.78, 5) is 41.2. The van der Waals surface area contributed by atoms with Gasteiger partial charge in [-0.2, -0.15) is 0 Å². The van der Waals surface area contributed by atoms with Crippen LogP contribution < -0.4 is 5.32 Å². The first-order valence-electron chi connectivity index (χ1n) is 14.5. The van der Waals surface area contributed by atoms with Gasteiger partial charge in [0, 0.05) is 11.5 Å². The number of ether oxygens (including phenoxy) is 3. The highest BCUT2D eigenvalue weighted by Gasteiger charge is 2.46. The minimum absolute atomic E-state index is 0.0208. The molecule has 224 valence electrons. The van der Waals surface area contributed by atoms with Crippen molar-refractivity contribution in [2.75, 3.05) is 13.2 Å². The molecule has 1 aliphatic heterocycles. The highest BCUT2D eigenvalue weighted by atomic mass is 16.6. The number of benzene rings is 4. The van der Waals surface area contributed by atoms with Crippen LogP contribution in [0.5, 0.6) is 5.75 Å². The van der Waals surface area contributed by atoms with Crippen LogP contribution in [0.1, 0.15) is 41.3 Å². The summed E-state index contributed by atoms with van der Waals surface area (Å²) in [6.07, 6.45) is -1.83. The molecule has 0 saturated carbocycles. The molecule has 0 radical (unpaired) electrons. The van der Waals surface area contributed by atoms with E-state index in [1.807, 2.05) is 66.7 Å². The lowest BCUT2D eigenvalue weighted by Crippen LogP contribution is -2.52. The van der Waals surface area contributed by atoms with Gasteiger partial charge in [-0.15, -0.1) is 0 Å². The molecule has 0 aromatic heterocycles. The first-order valence-corrected chi connectivity index (χ1v) is 14.5. The fraction of sp³-hybridized carbons (Fsp3) is 0.229. The number of phenolic OH excluding ortho intramolecular Hbond substituents is 1. The van der Waals surface area contributed by atoms with E-state index in [1.54, 1.807) is 18.2 Å². The highest BCUT2D eigenvalue weighted by Crippen LogP contribution is 2.44. The van der Waals surface area contributed by atoms with Gasteiger partial charge in [-0.25, -0.2) is 9.59 Å². The smallest absolute Gasteiger partial charge is 0.407 e. The SMILES string of the molecule is C[C@H](NC(=O)OCC1c2ccccc2-c2ccccc21)C(=O)N1C(C(=O)OCc2ccccc2)COC1c1ccccc1O. The maximum atomic E-state index is 13.8. The largest absolute Gasteiger partial charge is 0.507 e. The van der Waals surface area contributed by atoms with E-state index < -0.39 is 36.3 Å². The molecule has 4 aromatic rings. The van der Waals surface area contributed by atoms with E-state index in [0.29, 0.717) is 5.56 Å². The summed E-state index contributed by atoms with van der Waals surface area (Å²) in [6.45, 7) is 1.47. The van der Waals surface area contributed by atoms with Crippen molar-refractivity contribution in [3.05, 3.63) is 125 Å². The van der Waals surface area contributed by atoms with E-state index >= 15 is 0 Å². The van der Waals surface area contributed by atoms with Gasteiger partial charge in [0.05, 0.1) is 6.61 Å². The summed E-state index contributed by atoms with van der Waals surface area (Å²) in [5, 5.41) is 13.1. The van der Waals surface area contributed by atoms with Crippen LogP contribution in [0.25, 0.3) is 11.1 Å². The number of aromatic hydroxyl groups is 1. The van der Waals surface area contributed by atoms with Crippen molar-refractivity contribution in [3.63, 3.8) is 0 Å². The van der Waals surface area contributed by atoms with E-state index in [2.05, 4.69) is 17.4 Å². The summed E-state index contributed by atoms with van der Waals surface area (Å²) in [6, 6.07) is 29.5. The fourth-order valence-electron chi connectivity index (χ4n) is 5.82. The lowest BCUT2D eigenvalue weighted by molar-refractivity contribution is -0.156. The molecule has 1 heterocycles. The molecule has 1 saturated heterocycles. The zero-order valence-electron chi connectivity index (χ0n) is 24.1. The Hall–Kier alpha value is -5.15. The first kappa shape index (κ1) is 28.9. The van der Waals surface area contributed by atoms with Gasteiger partial charge >= 0.3 is 12.1 Å². The minimum atomic E-state index is -1.09. The maximum Gasteiger partial charge on any atom is 0.407 e. The van der Waals surface area contributed by atoms with Gasteiger partial charge in [0.15, 0.2) is 12.3 Å². The number of amides is 2. The summed E-state index contributed by atoms with van der Waals surface area (Å²) in [5.74, 6) is -1.48. The quantitative estimate of drug-likeness (QED) is 0.267. The van der Waals surface area contributed by atoms with E-state index in [0.717, 1.165) is 27.8 Å². The second kappa shape index (κ2) is 12.6. The first-order chi connectivity index (χ1) is 21.4. The molecule has 2 N–H and O–H groups in total. The third-order valence-corrected chi connectivity index (χ3v) is 8.00. The molecule has 1 aliphatic carbocycles. The number of rotatable bonds is 8. The monoisotopic (exact) mass is 592 g/mol. The number of hydrogen-bond acceptors (Lipinski definition) is 7. The standard InChI is InChI=1S/C35H32N2O7/c1-22(36-35(41)44-20-29-26-15-7-5-13-24(26)25-14-6-8-16-27(25)29)32(39)37-30(34(40)43-19-23-11-3-2-4-12-23)21-42-33(37)28-17-9-10-18-31(28)38/h2-18,22,29-30,33,38H,19-21H2,1H3,(H,36,41)/t22-,30?,33?/m0/s1. The van der Waals surface area contributed by atoms with Gasteiger partial charge in [-0.1, -0.05) is 97.1 Å². The van der Waals surface area contributed by atoms with Crippen molar-refractivity contribution in [2.24, 2.45) is 0 Å². The van der Waals surface area contributed by atoms with E-state index in [1.165, 1.54) is 17.9 Å². The van der Waals surface area contributed by atoms with E-state index in [-0.39, 0.29) is 31.5 Å². The van der Waals surface area contributed by atoms with Crippen LogP contribution in [-0.2, 0) is 30.4 Å². The zero-order valence-corrected chi connectivity index (χ0v) is 24.1. The molecule has 6 rings (SSSR count). The Morgan fingerprint density at radius 1 is 0.841 bits per heavy atom. The van der Waals surface area contributed by atoms with Gasteiger partial charge in [-0.3, -0.25) is 9.69 Å². The predicted octanol–water partition coefficient (Wildman–Crippen LogP) is 5.29. The molecule has 4 aromatic carbocycles. The second-order valence-corrected chi connectivity index (χ2v) is 10.8. The lowest BCUT2D eigenvalue weighted by atomic mass is 9.98. The molecule has 9 heteroatoms. The third kappa shape index (κ3) is 5.74. The average molecular weight is 593 g/mol. The Balaban J connectivity index is 1.15. The second-order valence-electron chi connectivity index (χ2n) is 10.8. The van der Waals surface area contributed by atoms with Crippen molar-refractivity contribution in [1.29, 1.82) is 0 Å². The van der Waals surface area contributed by atoms with Crippen molar-refractivity contribution in [1.82, 2.24) is 10.2 Å². The molecule has 3 atom stereocenters. The molecule has 2 amide bonds. The van der Waals surface area contributed by atoms with Gasteiger partial charge < -0.3 is 24.6 Å². The number of para-hydroxylation sites is 1. The predicted molar refractivity (Wildman–Crippen MR) is 161 cm³/mol. The molecular weight excluding hydrogens is 560 g/mol. The normalized spacial score (nSPS) is 17.8. The lowest BCUT2D eigenvalue weighted by Gasteiger charge is -2.30. The Labute approximate surface area is 255 Å². The molecule has 1 fully saturated rings. The van der Waals surface area contributed by atoms with Crippen LogP contribution in [0.4, 0.5) is 4.79 Å². The summed E-state index contributed by atoms with van der Waals surface area (Å²) < 4.78 is 17.0. The summed E-state index contributed by atoms with van der Waals surface area (Å²) in [5.41, 5.74) is 5.46. The molecule has 0 bridgehead atoms. The number of nitrogens with one attached hydrogen (secondary N) is 1. The van der Waals surface area contributed by atoms with Gasteiger partial charge in [-0.05, 0) is 40.8 Å². The van der Waals surface area contributed by atoms with Gasteiger partial charge in [0.1, 0.15) is 25.0 Å². The zero-order chi connectivity index (χ0) is 30.6. The van der Waals surface area contributed by atoms with Gasteiger partial charge in [0.2, 0.25) is 5.91 Å². The topological polar surface area (TPSA) is 114 Å². The van der Waals surface area contributed by atoms with Crippen LogP contribution in [0.3, 0.4) is 0 Å². The Morgan fingerprint density at radius 3 is 2.09 bits per heavy atom. The maximum absolute atomic E-state index is 13.8. The molecule has 0 spiro atoms. The number of carbonyl (C=O) groups is 3. The Morgan fingerprint density at radius 2 is 1.43 bits per heavy atom. The van der Waals surface area contributed by atoms with Crippen molar-refractivity contribution < 1.29 is 33.7 Å². The third-order valence-electron chi connectivity index (χ3n) is 8.00. The molecule has 44 heavy (non-hydrogen) atoms. The van der Waals surface area contributed by atoms with Crippen molar-refractivity contribution in [3.8, 4) is 16.9 Å². The van der Waals surface area contributed by atoms with Crippen LogP contribution >= 0.6 is 0 Å². The number of nitrogens with zero attached hydrogens (tertiary/aromatic N) is 1. The molecular formula is C35H32N2O7. The number of carbonyl (C=O) groups excluding carboxylic acids is 3. The van der Waals surface area contributed by atoms with Crippen molar-refractivity contribution in [2.45, 2.75) is 37.8 Å². The van der Waals surface area contributed by atoms with Gasteiger partial charge in [0.25, 0.3) is 0 Å². The minimum Gasteiger partial charge on any atom is -0.507 e. The number of esters is 1. The fourth-order valence-corrected chi connectivity index (χ4v) is 5.82. The number of hydrogen-bond donors (Lipinski definition) is 2. The Bertz CT molecular complexity index is 1630. The van der Waals surface area contributed by atoms with Crippen LogP contribution in [0.15, 0.2) is 103 Å². The molecule has 2 unspecified atom stereocenters. The summed E-state index contributed by atoms with van der Waals surface area (Å²) >= 11 is 0. The molecule has 9 nitrogen and oxygen atoms in total. The van der Waals surface area contributed by atoms with Crippen LogP contribution in [0, 0.1) is 0 Å². The average Bonchev–Trinajstić information content (AvgIpc) is 3.63. The molecule has 2 aliphatic rings.